The normalized spacial score (nSPS) is 15.7. The number of aromatic nitrogens is 3. The summed E-state index contributed by atoms with van der Waals surface area (Å²) < 4.78 is 9.64. The van der Waals surface area contributed by atoms with E-state index in [0.29, 0.717) is 12.1 Å². The Morgan fingerprint density at radius 3 is 2.65 bits per heavy atom. The van der Waals surface area contributed by atoms with Crippen LogP contribution in [-0.4, -0.2) is 25.4 Å². The van der Waals surface area contributed by atoms with Gasteiger partial charge in [0.25, 0.3) is 0 Å². The Balaban J connectivity index is 1.87. The van der Waals surface area contributed by atoms with Crippen molar-refractivity contribution in [1.82, 2.24) is 14.3 Å². The van der Waals surface area contributed by atoms with E-state index in [2.05, 4.69) is 31.9 Å². The molecule has 7 heteroatoms. The molecular weight excluding hydrogens is 394 g/mol. The van der Waals surface area contributed by atoms with Crippen LogP contribution >= 0.6 is 0 Å². The van der Waals surface area contributed by atoms with Gasteiger partial charge in [-0.25, -0.2) is 4.79 Å². The topological polar surface area (TPSA) is 90.3 Å². The first-order valence-electron chi connectivity index (χ1n) is 10.2. The van der Waals surface area contributed by atoms with Gasteiger partial charge in [0.2, 0.25) is 0 Å². The lowest BCUT2D eigenvalue weighted by atomic mass is 9.78. The number of aryl methyl sites for hydroxylation is 1. The second kappa shape index (κ2) is 6.44. The second-order valence-corrected chi connectivity index (χ2v) is 9.25. The van der Waals surface area contributed by atoms with E-state index in [0.717, 1.165) is 33.2 Å². The van der Waals surface area contributed by atoms with Crippen molar-refractivity contribution in [2.45, 2.75) is 33.2 Å². The van der Waals surface area contributed by atoms with Gasteiger partial charge in [0.15, 0.2) is 5.43 Å². The standard InChI is InChI=1S/C24H23N3O4/c1-24(2,3)21-8-17-16(19-9-20(28)18(23(29)30)12-27(19)21)7-15(13-10-25-26(4)11-13)14-5-6-31-22(14)17/h5-7,9-12,21H,8H2,1-4H3,(H,29,30)/t21-/m0/s1. The van der Waals surface area contributed by atoms with Crippen LogP contribution in [0.2, 0.25) is 0 Å². The van der Waals surface area contributed by atoms with E-state index in [1.54, 1.807) is 17.1 Å². The summed E-state index contributed by atoms with van der Waals surface area (Å²) in [4.78, 5) is 24.3. The number of rotatable bonds is 2. The molecule has 5 rings (SSSR count). The zero-order valence-electron chi connectivity index (χ0n) is 17.8. The van der Waals surface area contributed by atoms with Crippen molar-refractivity contribution >= 4 is 16.9 Å². The summed E-state index contributed by atoms with van der Waals surface area (Å²) in [6.45, 7) is 6.36. The lowest BCUT2D eigenvalue weighted by Crippen LogP contribution is -2.32. The van der Waals surface area contributed by atoms with Crippen molar-refractivity contribution in [3.05, 3.63) is 64.4 Å². The van der Waals surface area contributed by atoms with Crippen LogP contribution in [0.5, 0.6) is 0 Å². The maximum Gasteiger partial charge on any atom is 0.341 e. The first kappa shape index (κ1) is 19.4. The summed E-state index contributed by atoms with van der Waals surface area (Å²) in [5.74, 6) is -1.21. The molecule has 0 saturated carbocycles. The summed E-state index contributed by atoms with van der Waals surface area (Å²) in [7, 11) is 1.87. The van der Waals surface area contributed by atoms with Crippen molar-refractivity contribution in [1.29, 1.82) is 0 Å². The Hall–Kier alpha value is -3.61. The van der Waals surface area contributed by atoms with Gasteiger partial charge in [-0.2, -0.15) is 5.10 Å². The van der Waals surface area contributed by atoms with Crippen molar-refractivity contribution in [3.63, 3.8) is 0 Å². The highest BCUT2D eigenvalue weighted by Gasteiger charge is 2.35. The number of carbonyl (C=O) groups is 1. The van der Waals surface area contributed by atoms with E-state index in [4.69, 9.17) is 4.42 Å². The first-order valence-corrected chi connectivity index (χ1v) is 10.2. The highest BCUT2D eigenvalue weighted by Crippen LogP contribution is 2.47. The van der Waals surface area contributed by atoms with Gasteiger partial charge in [0, 0.05) is 53.6 Å². The summed E-state index contributed by atoms with van der Waals surface area (Å²) in [5.41, 5.74) is 4.46. The zero-order valence-corrected chi connectivity index (χ0v) is 17.8. The molecule has 0 bridgehead atoms. The number of benzene rings is 1. The molecule has 3 aromatic heterocycles. The lowest BCUT2D eigenvalue weighted by molar-refractivity contribution is 0.0693. The van der Waals surface area contributed by atoms with E-state index in [1.807, 2.05) is 23.9 Å². The Morgan fingerprint density at radius 1 is 1.23 bits per heavy atom. The SMILES string of the molecule is Cn1cc(-c2cc3c(c4occc24)C[C@@H](C(C)(C)C)n2cc(C(=O)O)c(=O)cc2-3)cn1. The van der Waals surface area contributed by atoms with Crippen LogP contribution in [0.15, 0.2) is 52.3 Å². The summed E-state index contributed by atoms with van der Waals surface area (Å²) >= 11 is 0. The Labute approximate surface area is 178 Å². The number of furan rings is 1. The highest BCUT2D eigenvalue weighted by molar-refractivity contribution is 6.00. The molecule has 0 saturated heterocycles. The Morgan fingerprint density at radius 2 is 2.00 bits per heavy atom. The largest absolute Gasteiger partial charge is 0.477 e. The molecule has 31 heavy (non-hydrogen) atoms. The lowest BCUT2D eigenvalue weighted by Gasteiger charge is -2.39. The summed E-state index contributed by atoms with van der Waals surface area (Å²) in [5, 5.41) is 14.8. The monoisotopic (exact) mass is 417 g/mol. The number of nitrogens with zero attached hydrogens (tertiary/aromatic N) is 3. The van der Waals surface area contributed by atoms with E-state index in [9.17, 15) is 14.7 Å². The Bertz CT molecular complexity index is 1420. The van der Waals surface area contributed by atoms with Gasteiger partial charge in [-0.1, -0.05) is 20.8 Å². The molecule has 0 fully saturated rings. The Kier molecular flexibility index (Phi) is 4.02. The molecule has 0 radical (unpaired) electrons. The van der Waals surface area contributed by atoms with Gasteiger partial charge in [-0.15, -0.1) is 0 Å². The summed E-state index contributed by atoms with van der Waals surface area (Å²) in [6.07, 6.45) is 7.59. The van der Waals surface area contributed by atoms with Crippen LogP contribution in [0.4, 0.5) is 0 Å². The minimum Gasteiger partial charge on any atom is -0.477 e. The summed E-state index contributed by atoms with van der Waals surface area (Å²) in [6, 6.07) is 5.43. The van der Waals surface area contributed by atoms with Crippen LogP contribution in [0.25, 0.3) is 33.4 Å². The molecule has 4 aromatic rings. The minimum atomic E-state index is -1.21. The predicted octanol–water partition coefficient (Wildman–Crippen LogP) is 4.50. The maximum absolute atomic E-state index is 12.6. The fourth-order valence-electron chi connectivity index (χ4n) is 4.62. The quantitative estimate of drug-likeness (QED) is 0.518. The molecule has 1 aliphatic heterocycles. The van der Waals surface area contributed by atoms with Crippen LogP contribution in [-0.2, 0) is 13.5 Å². The fraction of sp³-hybridized carbons (Fsp3) is 0.292. The van der Waals surface area contributed by atoms with Crippen molar-refractivity contribution in [2.75, 3.05) is 0 Å². The number of carboxylic acid groups (broad SMARTS) is 1. The number of aromatic carboxylic acids is 1. The van der Waals surface area contributed by atoms with Gasteiger partial charge in [-0.3, -0.25) is 9.48 Å². The maximum atomic E-state index is 12.6. The van der Waals surface area contributed by atoms with Crippen LogP contribution in [0, 0.1) is 5.41 Å². The molecule has 4 heterocycles. The average molecular weight is 417 g/mol. The van der Waals surface area contributed by atoms with Gasteiger partial charge in [0.1, 0.15) is 11.1 Å². The molecule has 158 valence electrons. The zero-order chi connectivity index (χ0) is 22.1. The van der Waals surface area contributed by atoms with E-state index in [-0.39, 0.29) is 17.0 Å². The molecule has 7 nitrogen and oxygen atoms in total. The van der Waals surface area contributed by atoms with Gasteiger partial charge < -0.3 is 14.1 Å². The molecule has 1 atom stereocenters. The molecular formula is C24H23N3O4. The van der Waals surface area contributed by atoms with E-state index >= 15 is 0 Å². The van der Waals surface area contributed by atoms with Crippen molar-refractivity contribution in [2.24, 2.45) is 12.5 Å². The van der Waals surface area contributed by atoms with Gasteiger partial charge in [0.05, 0.1) is 18.2 Å². The number of carboxylic acids is 1. The molecule has 0 amide bonds. The molecule has 1 N–H and O–H groups in total. The van der Waals surface area contributed by atoms with Crippen molar-refractivity contribution < 1.29 is 14.3 Å². The minimum absolute atomic E-state index is 0.0359. The van der Waals surface area contributed by atoms with E-state index in [1.165, 1.54) is 12.3 Å². The van der Waals surface area contributed by atoms with Crippen LogP contribution in [0.1, 0.15) is 42.7 Å². The fourth-order valence-corrected chi connectivity index (χ4v) is 4.62. The predicted molar refractivity (Wildman–Crippen MR) is 117 cm³/mol. The number of pyridine rings is 1. The van der Waals surface area contributed by atoms with Crippen LogP contribution in [0.3, 0.4) is 0 Å². The molecule has 1 aliphatic rings. The number of hydrogen-bond donors (Lipinski definition) is 1. The van der Waals surface area contributed by atoms with Gasteiger partial charge in [-0.05, 0) is 29.5 Å². The third-order valence-corrected chi connectivity index (χ3v) is 6.18. The van der Waals surface area contributed by atoms with Crippen molar-refractivity contribution in [3.8, 4) is 22.4 Å². The number of hydrogen-bond acceptors (Lipinski definition) is 4. The highest BCUT2D eigenvalue weighted by atomic mass is 16.4. The average Bonchev–Trinajstić information content (AvgIpc) is 3.34. The molecule has 1 aromatic carbocycles. The van der Waals surface area contributed by atoms with Crippen LogP contribution < -0.4 is 5.43 Å². The molecule has 0 unspecified atom stereocenters. The van der Waals surface area contributed by atoms with E-state index < -0.39 is 11.4 Å². The molecule has 0 spiro atoms. The first-order chi connectivity index (χ1) is 14.6. The third-order valence-electron chi connectivity index (χ3n) is 6.18. The third kappa shape index (κ3) is 2.91. The second-order valence-electron chi connectivity index (χ2n) is 9.25. The number of fused-ring (bicyclic) bond motifs is 5. The van der Waals surface area contributed by atoms with Gasteiger partial charge >= 0.3 is 5.97 Å². The molecule has 0 aliphatic carbocycles. The smallest absolute Gasteiger partial charge is 0.341 e.